The van der Waals surface area contributed by atoms with E-state index in [0.717, 1.165) is 67.3 Å². The molecule has 1 aliphatic rings. The summed E-state index contributed by atoms with van der Waals surface area (Å²) in [5.74, 6) is 0. The Hall–Kier alpha value is -4.17. The van der Waals surface area contributed by atoms with E-state index in [1.807, 2.05) is 45.9 Å². The van der Waals surface area contributed by atoms with E-state index in [4.69, 9.17) is 28.0 Å². The summed E-state index contributed by atoms with van der Waals surface area (Å²) in [4.78, 5) is 13.4. The van der Waals surface area contributed by atoms with E-state index in [2.05, 4.69) is 29.1 Å². The van der Waals surface area contributed by atoms with Crippen LogP contribution >= 0.6 is 0 Å². The zero-order valence-electron chi connectivity index (χ0n) is 19.2. The molecule has 0 radical (unpaired) electrons. The minimum absolute atomic E-state index is 0.582. The van der Waals surface area contributed by atoms with Crippen LogP contribution in [0.2, 0.25) is 0 Å². The zero-order valence-corrected chi connectivity index (χ0v) is 19.2. The lowest BCUT2D eigenvalue weighted by molar-refractivity contribution is 0.732. The molecule has 1 aliphatic carbocycles. The van der Waals surface area contributed by atoms with Gasteiger partial charge in [-0.15, -0.1) is 0 Å². The number of aryl methyl sites for hydroxylation is 4. The molecule has 0 spiro atoms. The van der Waals surface area contributed by atoms with Gasteiger partial charge in [-0.2, -0.15) is 0 Å². The van der Waals surface area contributed by atoms with Crippen LogP contribution in [0.5, 0.6) is 0 Å². The Balaban J connectivity index is 2.02. The summed E-state index contributed by atoms with van der Waals surface area (Å²) in [7, 11) is 0. The molecule has 0 amide bonds. The van der Waals surface area contributed by atoms with Crippen molar-refractivity contribution in [3.8, 4) is 11.3 Å². The number of hydrogen-bond donors (Lipinski definition) is 2. The van der Waals surface area contributed by atoms with Gasteiger partial charge in [0.05, 0.1) is 23.4 Å². The van der Waals surface area contributed by atoms with Gasteiger partial charge in [-0.3, -0.25) is 9.97 Å². The molecule has 0 unspecified atom stereocenters. The van der Waals surface area contributed by atoms with Crippen LogP contribution in [-0.4, -0.2) is 9.97 Å². The Bertz CT molecular complexity index is 1390. The lowest BCUT2D eigenvalue weighted by atomic mass is 9.68. The first-order chi connectivity index (χ1) is 15.8. The maximum atomic E-state index is 7.66. The highest BCUT2D eigenvalue weighted by molar-refractivity contribution is 5.85. The molecule has 5 nitrogen and oxygen atoms in total. The van der Waals surface area contributed by atoms with Gasteiger partial charge in [0.15, 0.2) is 5.69 Å². The smallest absolute Gasteiger partial charge is 0.187 e. The maximum Gasteiger partial charge on any atom is 0.187 e. The van der Waals surface area contributed by atoms with Crippen LogP contribution in [0.3, 0.4) is 0 Å². The second-order valence-corrected chi connectivity index (χ2v) is 8.89. The Morgan fingerprint density at radius 3 is 1.79 bits per heavy atom. The van der Waals surface area contributed by atoms with E-state index in [1.165, 1.54) is 0 Å². The first-order valence-electron chi connectivity index (χ1n) is 10.9. The molecule has 4 aromatic rings. The van der Waals surface area contributed by atoms with Crippen molar-refractivity contribution < 1.29 is 0 Å². The predicted molar refractivity (Wildman–Crippen MR) is 133 cm³/mol. The van der Waals surface area contributed by atoms with Crippen LogP contribution in [0, 0.1) is 34.3 Å². The lowest BCUT2D eigenvalue weighted by Crippen LogP contribution is -2.30. The number of rotatable bonds is 2. The molecule has 162 valence electrons. The quantitative estimate of drug-likeness (QED) is 0.274. The summed E-state index contributed by atoms with van der Waals surface area (Å²) in [6.07, 6.45) is 3.46. The van der Waals surface area contributed by atoms with Gasteiger partial charge in [-0.1, -0.05) is 42.5 Å². The summed E-state index contributed by atoms with van der Waals surface area (Å²) in [6.45, 7) is 15.8. The fraction of sp³-hybridized carbons (Fsp3) is 0.179. The highest BCUT2D eigenvalue weighted by Gasteiger charge is 2.48. The van der Waals surface area contributed by atoms with Gasteiger partial charge in [-0.25, -0.2) is 4.85 Å². The first-order valence-corrected chi connectivity index (χ1v) is 10.9. The molecule has 0 atom stereocenters. The standard InChI is InChI=1S/C28H25N5/c1-15-10-19(11-16(2)24(15)29)28(20-12-17(3)25(30)18(4)13-20)23-14-21(31-5)6-7-22(23)26-27(28)33-9-8-32-26/h6-14H,29-30H2,1-4H3. The largest absolute Gasteiger partial charge is 0.398 e. The summed E-state index contributed by atoms with van der Waals surface area (Å²) < 4.78 is 0. The molecule has 3 aromatic carbocycles. The fourth-order valence-electron chi connectivity index (χ4n) is 5.19. The fourth-order valence-corrected chi connectivity index (χ4v) is 5.19. The maximum absolute atomic E-state index is 7.66. The van der Waals surface area contributed by atoms with Crippen molar-refractivity contribution in [2.45, 2.75) is 33.1 Å². The summed E-state index contributed by atoms with van der Waals surface area (Å²) >= 11 is 0. The van der Waals surface area contributed by atoms with Gasteiger partial charge in [-0.05, 0) is 66.6 Å². The van der Waals surface area contributed by atoms with E-state index in [-0.39, 0.29) is 0 Å². The molecule has 0 aliphatic heterocycles. The van der Waals surface area contributed by atoms with E-state index in [0.29, 0.717) is 5.69 Å². The minimum Gasteiger partial charge on any atom is -0.398 e. The number of aromatic nitrogens is 2. The van der Waals surface area contributed by atoms with Crippen molar-refractivity contribution >= 4 is 17.1 Å². The molecule has 4 N–H and O–H groups in total. The molecule has 0 saturated carbocycles. The van der Waals surface area contributed by atoms with Crippen molar-refractivity contribution in [3.05, 3.63) is 111 Å². The Kier molecular flexibility index (Phi) is 4.51. The van der Waals surface area contributed by atoms with E-state index in [1.54, 1.807) is 12.4 Å². The second kappa shape index (κ2) is 7.18. The molecule has 1 aromatic heterocycles. The molecule has 0 fully saturated rings. The number of nitrogens with two attached hydrogens (primary N) is 2. The van der Waals surface area contributed by atoms with Crippen LogP contribution in [0.25, 0.3) is 16.1 Å². The highest BCUT2D eigenvalue weighted by atomic mass is 14.8. The Morgan fingerprint density at radius 1 is 0.758 bits per heavy atom. The summed E-state index contributed by atoms with van der Waals surface area (Å²) in [5, 5.41) is 0. The van der Waals surface area contributed by atoms with Crippen molar-refractivity contribution in [2.24, 2.45) is 0 Å². The van der Waals surface area contributed by atoms with E-state index >= 15 is 0 Å². The zero-order chi connectivity index (χ0) is 23.5. The van der Waals surface area contributed by atoms with Crippen molar-refractivity contribution in [3.63, 3.8) is 0 Å². The summed E-state index contributed by atoms with van der Waals surface area (Å²) in [6, 6.07) is 14.4. The molecule has 33 heavy (non-hydrogen) atoms. The van der Waals surface area contributed by atoms with Gasteiger partial charge in [0.25, 0.3) is 0 Å². The summed E-state index contributed by atoms with van der Waals surface area (Å²) in [5.41, 5.74) is 23.9. The normalized spacial score (nSPS) is 13.3. The number of benzene rings is 3. The van der Waals surface area contributed by atoms with Crippen molar-refractivity contribution in [2.75, 3.05) is 11.5 Å². The number of hydrogen-bond acceptors (Lipinski definition) is 4. The minimum atomic E-state index is -0.744. The molecule has 0 bridgehead atoms. The van der Waals surface area contributed by atoms with Gasteiger partial charge in [0.2, 0.25) is 0 Å². The van der Waals surface area contributed by atoms with E-state index < -0.39 is 5.41 Å². The van der Waals surface area contributed by atoms with Crippen LogP contribution in [0.4, 0.5) is 17.1 Å². The van der Waals surface area contributed by atoms with Crippen LogP contribution in [-0.2, 0) is 5.41 Å². The third-order valence-corrected chi connectivity index (χ3v) is 6.90. The lowest BCUT2D eigenvalue weighted by Gasteiger charge is -2.34. The monoisotopic (exact) mass is 431 g/mol. The molecule has 0 saturated heterocycles. The van der Waals surface area contributed by atoms with Crippen LogP contribution in [0.15, 0.2) is 54.9 Å². The Labute approximate surface area is 194 Å². The van der Waals surface area contributed by atoms with Crippen LogP contribution < -0.4 is 11.5 Å². The SMILES string of the molecule is [C-]#[N+]c1ccc2c(c1)C(c1cc(C)c(N)c(C)c1)(c1cc(C)c(N)c(C)c1)c1nccnc1-2. The third-order valence-electron chi connectivity index (χ3n) is 6.90. The predicted octanol–water partition coefficient (Wildman–Crippen LogP) is 5.79. The number of fused-ring (bicyclic) bond motifs is 3. The average molecular weight is 432 g/mol. The van der Waals surface area contributed by atoms with Crippen molar-refractivity contribution in [1.82, 2.24) is 9.97 Å². The average Bonchev–Trinajstić information content (AvgIpc) is 3.10. The molecule has 1 heterocycles. The number of nitrogen functional groups attached to an aromatic ring is 2. The highest BCUT2D eigenvalue weighted by Crippen LogP contribution is 2.56. The van der Waals surface area contributed by atoms with Gasteiger partial charge >= 0.3 is 0 Å². The molecular formula is C28H25N5. The Morgan fingerprint density at radius 2 is 1.27 bits per heavy atom. The molecule has 5 rings (SSSR count). The van der Waals surface area contributed by atoms with Gasteiger partial charge < -0.3 is 11.5 Å². The second-order valence-electron chi connectivity index (χ2n) is 8.89. The topological polar surface area (TPSA) is 82.2 Å². The number of anilines is 2. The van der Waals surface area contributed by atoms with Gasteiger partial charge in [0, 0.05) is 29.3 Å². The van der Waals surface area contributed by atoms with E-state index in [9.17, 15) is 0 Å². The van der Waals surface area contributed by atoms with Crippen molar-refractivity contribution in [1.29, 1.82) is 0 Å². The number of nitrogens with zero attached hydrogens (tertiary/aromatic N) is 3. The first kappa shape index (κ1) is 20.7. The van der Waals surface area contributed by atoms with Gasteiger partial charge in [0.1, 0.15) is 0 Å². The molecular weight excluding hydrogens is 406 g/mol. The molecule has 5 heteroatoms. The van der Waals surface area contributed by atoms with Crippen LogP contribution in [0.1, 0.15) is 44.6 Å². The third kappa shape index (κ3) is 2.77.